The van der Waals surface area contributed by atoms with Crippen LogP contribution < -0.4 is 5.43 Å². The lowest BCUT2D eigenvalue weighted by Gasteiger charge is -2.26. The summed E-state index contributed by atoms with van der Waals surface area (Å²) in [5, 5.41) is 2.23. The highest BCUT2D eigenvalue weighted by atomic mass is 15.5. The van der Waals surface area contributed by atoms with Gasteiger partial charge < -0.3 is 5.01 Å². The van der Waals surface area contributed by atoms with E-state index in [4.69, 9.17) is 0 Å². The highest BCUT2D eigenvalue weighted by molar-refractivity contribution is 5.13. The van der Waals surface area contributed by atoms with Crippen molar-refractivity contribution in [1.82, 2.24) is 10.4 Å². The molecule has 0 unspecified atom stereocenters. The zero-order chi connectivity index (χ0) is 6.10. The van der Waals surface area contributed by atoms with E-state index in [2.05, 4.69) is 16.5 Å². The molecular weight excluding hydrogens is 112 g/mol. The molecule has 0 saturated carbocycles. The van der Waals surface area contributed by atoms with Gasteiger partial charge in [-0.3, -0.25) is 0 Å². The third-order valence-electron chi connectivity index (χ3n) is 1.92. The average molecular weight is 123 g/mol. The highest BCUT2D eigenvalue weighted by Gasteiger charge is 2.17. The van der Waals surface area contributed by atoms with E-state index in [9.17, 15) is 0 Å². The van der Waals surface area contributed by atoms with Gasteiger partial charge in [0.1, 0.15) is 0 Å². The summed E-state index contributed by atoms with van der Waals surface area (Å²) in [6.45, 7) is 3.20. The van der Waals surface area contributed by atoms with Crippen LogP contribution in [-0.4, -0.2) is 11.6 Å². The minimum absolute atomic E-state index is 1.18. The van der Waals surface area contributed by atoms with Gasteiger partial charge in [0.05, 0.1) is 6.54 Å². The van der Waals surface area contributed by atoms with E-state index in [1.807, 2.05) is 6.54 Å². The zero-order valence-corrected chi connectivity index (χ0v) is 5.43. The second-order valence-corrected chi connectivity index (χ2v) is 2.56. The van der Waals surface area contributed by atoms with Crippen molar-refractivity contribution < 1.29 is 0 Å². The SMILES string of the molecule is [CH]1C=C2CCCCN2N1. The first-order chi connectivity index (χ1) is 4.47. The van der Waals surface area contributed by atoms with E-state index in [1.165, 1.54) is 31.5 Å². The van der Waals surface area contributed by atoms with Gasteiger partial charge in [0.25, 0.3) is 0 Å². The maximum Gasteiger partial charge on any atom is 0.0670 e. The second-order valence-electron chi connectivity index (χ2n) is 2.56. The van der Waals surface area contributed by atoms with E-state index >= 15 is 0 Å². The van der Waals surface area contributed by atoms with Crippen LogP contribution >= 0.6 is 0 Å². The number of hydrazine groups is 1. The molecule has 0 aromatic carbocycles. The lowest BCUT2D eigenvalue weighted by molar-refractivity contribution is 0.252. The minimum Gasteiger partial charge on any atom is -0.312 e. The van der Waals surface area contributed by atoms with Gasteiger partial charge in [0.2, 0.25) is 0 Å². The van der Waals surface area contributed by atoms with Gasteiger partial charge in [-0.1, -0.05) is 0 Å². The van der Waals surface area contributed by atoms with E-state index in [0.717, 1.165) is 0 Å². The third kappa shape index (κ3) is 0.833. The van der Waals surface area contributed by atoms with Crippen LogP contribution in [0.3, 0.4) is 0 Å². The Balaban J connectivity index is 2.09. The van der Waals surface area contributed by atoms with Crippen LogP contribution in [0.4, 0.5) is 0 Å². The van der Waals surface area contributed by atoms with Gasteiger partial charge in [0, 0.05) is 12.2 Å². The molecule has 0 aromatic rings. The summed E-state index contributed by atoms with van der Waals surface area (Å²) in [4.78, 5) is 0. The summed E-state index contributed by atoms with van der Waals surface area (Å²) in [5.41, 5.74) is 4.63. The summed E-state index contributed by atoms with van der Waals surface area (Å²) in [6, 6.07) is 0. The maximum atomic E-state index is 3.17. The van der Waals surface area contributed by atoms with Gasteiger partial charge in [0.15, 0.2) is 0 Å². The molecule has 2 heteroatoms. The van der Waals surface area contributed by atoms with Crippen molar-refractivity contribution in [3.8, 4) is 0 Å². The molecule has 0 aliphatic carbocycles. The Morgan fingerprint density at radius 1 is 1.44 bits per heavy atom. The Morgan fingerprint density at radius 3 is 3.33 bits per heavy atom. The van der Waals surface area contributed by atoms with Crippen molar-refractivity contribution in [1.29, 1.82) is 0 Å². The number of rotatable bonds is 0. The van der Waals surface area contributed by atoms with Gasteiger partial charge in [-0.2, -0.15) is 0 Å². The van der Waals surface area contributed by atoms with Crippen LogP contribution in [0, 0.1) is 6.54 Å². The first-order valence-corrected chi connectivity index (χ1v) is 3.53. The van der Waals surface area contributed by atoms with Crippen molar-refractivity contribution >= 4 is 0 Å². The molecule has 2 nitrogen and oxygen atoms in total. The average Bonchev–Trinajstić information content (AvgIpc) is 2.33. The highest BCUT2D eigenvalue weighted by Crippen LogP contribution is 2.21. The molecule has 49 valence electrons. The normalized spacial score (nSPS) is 25.8. The Kier molecular flexibility index (Phi) is 1.19. The number of allylic oxidation sites excluding steroid dienone is 1. The predicted molar refractivity (Wildman–Crippen MR) is 36.1 cm³/mol. The van der Waals surface area contributed by atoms with Crippen LogP contribution in [0.15, 0.2) is 11.8 Å². The lowest BCUT2D eigenvalue weighted by Crippen LogP contribution is -2.33. The molecular formula is C7H11N2. The number of fused-ring (bicyclic) bond motifs is 1. The maximum absolute atomic E-state index is 3.17. The number of piperidine rings is 1. The molecule has 0 spiro atoms. The topological polar surface area (TPSA) is 15.3 Å². The van der Waals surface area contributed by atoms with Crippen LogP contribution in [-0.2, 0) is 0 Å². The standard InChI is InChI=1S/C7H11N2/c1-2-6-9-7(3-1)4-5-8-9/h4-5,8H,1-3,6H2. The monoisotopic (exact) mass is 123 g/mol. The molecule has 1 radical (unpaired) electrons. The number of nitrogens with one attached hydrogen (secondary N) is 1. The summed E-state index contributed by atoms with van der Waals surface area (Å²) in [7, 11) is 0. The number of hydrogen-bond acceptors (Lipinski definition) is 2. The smallest absolute Gasteiger partial charge is 0.0670 e. The molecule has 0 amide bonds. The zero-order valence-electron chi connectivity index (χ0n) is 5.43. The predicted octanol–water partition coefficient (Wildman–Crippen LogP) is 1.04. The van der Waals surface area contributed by atoms with Gasteiger partial charge in [-0.25, -0.2) is 5.43 Å². The molecule has 2 heterocycles. The first kappa shape index (κ1) is 5.30. The molecule has 0 bridgehead atoms. The number of hydrogen-bond donors (Lipinski definition) is 1. The Labute approximate surface area is 55.5 Å². The summed E-state index contributed by atoms with van der Waals surface area (Å²) in [6.07, 6.45) is 6.11. The molecule has 1 fully saturated rings. The molecule has 0 aromatic heterocycles. The lowest BCUT2D eigenvalue weighted by atomic mass is 10.1. The fraction of sp³-hybridized carbons (Fsp3) is 0.571. The molecule has 9 heavy (non-hydrogen) atoms. The van der Waals surface area contributed by atoms with Gasteiger partial charge in [-0.05, 0) is 25.3 Å². The Morgan fingerprint density at radius 2 is 2.44 bits per heavy atom. The quantitative estimate of drug-likeness (QED) is 0.517. The van der Waals surface area contributed by atoms with Crippen LogP contribution in [0.2, 0.25) is 0 Å². The third-order valence-corrected chi connectivity index (χ3v) is 1.92. The van der Waals surface area contributed by atoms with Crippen molar-refractivity contribution in [2.45, 2.75) is 19.3 Å². The molecule has 0 atom stereocenters. The Hall–Kier alpha value is -0.500. The fourth-order valence-electron chi connectivity index (χ4n) is 1.40. The van der Waals surface area contributed by atoms with E-state index in [-0.39, 0.29) is 0 Å². The summed E-state index contributed by atoms with van der Waals surface area (Å²) < 4.78 is 0. The van der Waals surface area contributed by atoms with Crippen molar-refractivity contribution in [3.63, 3.8) is 0 Å². The first-order valence-electron chi connectivity index (χ1n) is 3.53. The number of nitrogens with zero attached hydrogens (tertiary/aromatic N) is 1. The second kappa shape index (κ2) is 2.03. The molecule has 1 saturated heterocycles. The molecule has 2 aliphatic rings. The van der Waals surface area contributed by atoms with Crippen molar-refractivity contribution in [3.05, 3.63) is 18.3 Å². The van der Waals surface area contributed by atoms with Crippen molar-refractivity contribution in [2.24, 2.45) is 0 Å². The van der Waals surface area contributed by atoms with Crippen LogP contribution in [0.25, 0.3) is 0 Å². The molecule has 2 rings (SSSR count). The Bertz CT molecular complexity index is 140. The summed E-state index contributed by atoms with van der Waals surface area (Å²) >= 11 is 0. The fourth-order valence-corrected chi connectivity index (χ4v) is 1.40. The summed E-state index contributed by atoms with van der Waals surface area (Å²) in [5.74, 6) is 0. The minimum atomic E-state index is 1.18. The van der Waals surface area contributed by atoms with E-state index in [0.29, 0.717) is 0 Å². The largest absolute Gasteiger partial charge is 0.312 e. The van der Waals surface area contributed by atoms with Crippen molar-refractivity contribution in [2.75, 3.05) is 6.54 Å². The van der Waals surface area contributed by atoms with E-state index in [1.54, 1.807) is 0 Å². The van der Waals surface area contributed by atoms with Gasteiger partial charge in [-0.15, -0.1) is 0 Å². The molecule has 1 N–H and O–H groups in total. The van der Waals surface area contributed by atoms with Crippen LogP contribution in [0.5, 0.6) is 0 Å². The molecule has 2 aliphatic heterocycles. The van der Waals surface area contributed by atoms with Gasteiger partial charge >= 0.3 is 0 Å². The van der Waals surface area contributed by atoms with E-state index < -0.39 is 0 Å². The van der Waals surface area contributed by atoms with Crippen LogP contribution in [0.1, 0.15) is 19.3 Å².